The molecule has 0 aliphatic heterocycles. The average Bonchev–Trinajstić information content (AvgIpc) is 2.60. The van der Waals surface area contributed by atoms with Crippen molar-refractivity contribution in [1.29, 1.82) is 0 Å². The maximum Gasteiger partial charge on any atom is 0.259 e. The van der Waals surface area contributed by atoms with Gasteiger partial charge in [-0.15, -0.1) is 0 Å². The van der Waals surface area contributed by atoms with Crippen molar-refractivity contribution >= 4 is 0 Å². The second-order valence-electron chi connectivity index (χ2n) is 4.78. The Labute approximate surface area is 105 Å². The van der Waals surface area contributed by atoms with Crippen LogP contribution in [-0.2, 0) is 13.5 Å². The first-order valence-electron chi connectivity index (χ1n) is 5.89. The molecule has 0 fully saturated rings. The largest absolute Gasteiger partial charge is 0.271 e. The van der Waals surface area contributed by atoms with E-state index >= 15 is 0 Å². The molecule has 2 rings (SSSR count). The zero-order valence-corrected chi connectivity index (χ0v) is 10.7. The van der Waals surface area contributed by atoms with Crippen molar-refractivity contribution in [2.24, 2.45) is 13.0 Å². The predicted molar refractivity (Wildman–Crippen MR) is 67.3 cm³/mol. The van der Waals surface area contributed by atoms with Crippen molar-refractivity contribution in [1.82, 2.24) is 14.3 Å². The fourth-order valence-corrected chi connectivity index (χ4v) is 1.91. The summed E-state index contributed by atoms with van der Waals surface area (Å²) in [6, 6.07) is 3.52. The fraction of sp³-hybridized carbons (Fsp3) is 0.385. The van der Waals surface area contributed by atoms with E-state index < -0.39 is 5.82 Å². The molecular weight excluding hydrogens is 233 g/mol. The van der Waals surface area contributed by atoms with Crippen molar-refractivity contribution < 1.29 is 4.39 Å². The molecule has 0 radical (unpaired) electrons. The molecule has 0 atom stereocenters. The van der Waals surface area contributed by atoms with Gasteiger partial charge in [0.2, 0.25) is 0 Å². The fourth-order valence-electron chi connectivity index (χ4n) is 1.91. The van der Waals surface area contributed by atoms with E-state index in [1.165, 1.54) is 21.6 Å². The van der Waals surface area contributed by atoms with Crippen LogP contribution >= 0.6 is 0 Å². The Bertz CT molecular complexity index is 613. The van der Waals surface area contributed by atoms with Crippen LogP contribution in [0.1, 0.15) is 19.4 Å². The van der Waals surface area contributed by atoms with Gasteiger partial charge in [0.1, 0.15) is 0 Å². The topological polar surface area (TPSA) is 39.8 Å². The summed E-state index contributed by atoms with van der Waals surface area (Å²) in [6.45, 7) is 4.08. The highest BCUT2D eigenvalue weighted by atomic mass is 19.1. The van der Waals surface area contributed by atoms with E-state index in [0.29, 0.717) is 17.9 Å². The normalized spacial score (nSPS) is 11.2. The third kappa shape index (κ3) is 2.34. The smallest absolute Gasteiger partial charge is 0.259 e. The van der Waals surface area contributed by atoms with E-state index in [1.807, 2.05) is 13.8 Å². The summed E-state index contributed by atoms with van der Waals surface area (Å²) in [5.74, 6) is -0.0727. The van der Waals surface area contributed by atoms with E-state index in [4.69, 9.17) is 0 Å². The van der Waals surface area contributed by atoms with Crippen LogP contribution in [-0.4, -0.2) is 14.3 Å². The Morgan fingerprint density at radius 1 is 1.44 bits per heavy atom. The first-order chi connectivity index (χ1) is 8.49. The summed E-state index contributed by atoms with van der Waals surface area (Å²) < 4.78 is 16.2. The number of hydrogen-bond donors (Lipinski definition) is 0. The molecule has 5 heteroatoms. The van der Waals surface area contributed by atoms with Crippen LogP contribution < -0.4 is 5.56 Å². The molecule has 0 aromatic carbocycles. The first-order valence-corrected chi connectivity index (χ1v) is 5.89. The van der Waals surface area contributed by atoms with Gasteiger partial charge in [0.25, 0.3) is 5.56 Å². The van der Waals surface area contributed by atoms with Gasteiger partial charge in [-0.05, 0) is 18.4 Å². The molecule has 0 bridgehead atoms. The zero-order valence-electron chi connectivity index (χ0n) is 10.7. The molecule has 4 nitrogen and oxygen atoms in total. The van der Waals surface area contributed by atoms with Crippen molar-refractivity contribution in [3.8, 4) is 5.82 Å². The standard InChI is InChI=1S/C13H16FN3O/c1-9(2)7-10-5-4-6-17(13(10)18)12-11(14)8-16(3)15-12/h4-6,8-9H,7H2,1-3H3. The number of hydrogen-bond acceptors (Lipinski definition) is 2. The second-order valence-corrected chi connectivity index (χ2v) is 4.78. The summed E-state index contributed by atoms with van der Waals surface area (Å²) in [5.41, 5.74) is 0.473. The molecule has 96 valence electrons. The zero-order chi connectivity index (χ0) is 13.3. The van der Waals surface area contributed by atoms with E-state index in [2.05, 4.69) is 5.10 Å². The van der Waals surface area contributed by atoms with Gasteiger partial charge in [-0.2, -0.15) is 5.10 Å². The minimum atomic E-state index is -0.499. The van der Waals surface area contributed by atoms with E-state index in [9.17, 15) is 9.18 Å². The number of nitrogens with zero attached hydrogens (tertiary/aromatic N) is 3. The molecular formula is C13H16FN3O. The molecule has 2 aromatic heterocycles. The van der Waals surface area contributed by atoms with Crippen molar-refractivity contribution in [3.63, 3.8) is 0 Å². The van der Waals surface area contributed by atoms with Gasteiger partial charge >= 0.3 is 0 Å². The molecule has 2 aromatic rings. The molecule has 0 spiro atoms. The maximum absolute atomic E-state index is 13.6. The maximum atomic E-state index is 13.6. The van der Waals surface area contributed by atoms with E-state index in [0.717, 1.165) is 0 Å². The lowest BCUT2D eigenvalue weighted by molar-refractivity contribution is 0.611. The van der Waals surface area contributed by atoms with Crippen molar-refractivity contribution in [2.45, 2.75) is 20.3 Å². The molecule has 2 heterocycles. The number of aromatic nitrogens is 3. The summed E-state index contributed by atoms with van der Waals surface area (Å²) in [4.78, 5) is 12.2. The molecule has 0 saturated heterocycles. The van der Waals surface area contributed by atoms with Gasteiger partial charge in [0.15, 0.2) is 11.6 Å². The molecule has 0 amide bonds. The van der Waals surface area contributed by atoms with Crippen LogP contribution in [0.4, 0.5) is 4.39 Å². The molecule has 0 aliphatic rings. The summed E-state index contributed by atoms with van der Waals surface area (Å²) in [5, 5.41) is 3.97. The predicted octanol–water partition coefficient (Wildman–Crippen LogP) is 1.91. The van der Waals surface area contributed by atoms with Crippen molar-refractivity contribution in [2.75, 3.05) is 0 Å². The van der Waals surface area contributed by atoms with Crippen LogP contribution in [0.25, 0.3) is 5.82 Å². The lowest BCUT2D eigenvalue weighted by atomic mass is 10.0. The van der Waals surface area contributed by atoms with Gasteiger partial charge in [-0.3, -0.25) is 14.0 Å². The molecule has 0 unspecified atom stereocenters. The minimum absolute atomic E-state index is 0.0492. The van der Waals surface area contributed by atoms with Crippen LogP contribution in [0.15, 0.2) is 29.3 Å². The first kappa shape index (κ1) is 12.5. The number of aryl methyl sites for hydroxylation is 1. The third-order valence-electron chi connectivity index (χ3n) is 2.65. The highest BCUT2D eigenvalue weighted by molar-refractivity contribution is 5.25. The Morgan fingerprint density at radius 3 is 2.72 bits per heavy atom. The van der Waals surface area contributed by atoms with Crippen LogP contribution in [0, 0.1) is 11.7 Å². The van der Waals surface area contributed by atoms with Crippen LogP contribution in [0.2, 0.25) is 0 Å². The van der Waals surface area contributed by atoms with Gasteiger partial charge in [-0.1, -0.05) is 19.9 Å². The SMILES string of the molecule is CC(C)Cc1cccn(-c2nn(C)cc2F)c1=O. The minimum Gasteiger partial charge on any atom is -0.271 e. The molecule has 0 aliphatic carbocycles. The summed E-state index contributed by atoms with van der Waals surface area (Å²) in [7, 11) is 1.62. The van der Waals surface area contributed by atoms with E-state index in [-0.39, 0.29) is 11.4 Å². The van der Waals surface area contributed by atoms with Crippen molar-refractivity contribution in [3.05, 3.63) is 46.3 Å². The summed E-state index contributed by atoms with van der Waals surface area (Å²) in [6.07, 6.45) is 3.46. The Hall–Kier alpha value is -1.91. The highest BCUT2D eigenvalue weighted by Gasteiger charge is 2.13. The summed E-state index contributed by atoms with van der Waals surface area (Å²) >= 11 is 0. The lowest BCUT2D eigenvalue weighted by Gasteiger charge is -2.07. The van der Waals surface area contributed by atoms with Gasteiger partial charge < -0.3 is 0 Å². The average molecular weight is 249 g/mol. The Morgan fingerprint density at radius 2 is 2.17 bits per heavy atom. The number of pyridine rings is 1. The quantitative estimate of drug-likeness (QED) is 0.833. The number of rotatable bonds is 3. The lowest BCUT2D eigenvalue weighted by Crippen LogP contribution is -2.23. The molecule has 0 saturated carbocycles. The molecule has 18 heavy (non-hydrogen) atoms. The van der Waals surface area contributed by atoms with Gasteiger partial charge in [0.05, 0.1) is 6.20 Å². The highest BCUT2D eigenvalue weighted by Crippen LogP contribution is 2.09. The van der Waals surface area contributed by atoms with Crippen LogP contribution in [0.3, 0.4) is 0 Å². The third-order valence-corrected chi connectivity index (χ3v) is 2.65. The Kier molecular flexibility index (Phi) is 3.32. The second kappa shape index (κ2) is 4.76. The van der Waals surface area contributed by atoms with Gasteiger partial charge in [-0.25, -0.2) is 4.39 Å². The Balaban J connectivity index is 2.53. The molecule has 0 N–H and O–H groups in total. The van der Waals surface area contributed by atoms with Crippen LogP contribution in [0.5, 0.6) is 0 Å². The van der Waals surface area contributed by atoms with Gasteiger partial charge in [0, 0.05) is 18.8 Å². The van der Waals surface area contributed by atoms with E-state index in [1.54, 1.807) is 19.2 Å². The number of halogens is 1. The monoisotopic (exact) mass is 249 g/mol.